The summed E-state index contributed by atoms with van der Waals surface area (Å²) in [4.78, 5) is 11.5. The molecule has 0 heterocycles. The Bertz CT molecular complexity index is 422. The first-order valence-corrected chi connectivity index (χ1v) is 5.00. The summed E-state index contributed by atoms with van der Waals surface area (Å²) in [5.41, 5.74) is 1.95. The van der Waals surface area contributed by atoms with E-state index in [1.807, 2.05) is 0 Å². The monoisotopic (exact) mass is 240 g/mol. The molecule has 0 aliphatic carbocycles. The fraction of sp³-hybridized carbons (Fsp3) is 0.364. The minimum Gasteiger partial charge on any atom is -0.504 e. The van der Waals surface area contributed by atoms with Crippen LogP contribution in [0.5, 0.6) is 11.5 Å². The number of esters is 1. The van der Waals surface area contributed by atoms with E-state index in [4.69, 9.17) is 5.84 Å². The van der Waals surface area contributed by atoms with Crippen LogP contribution < -0.4 is 11.3 Å². The van der Waals surface area contributed by atoms with E-state index < -0.39 is 11.5 Å². The number of phenols is 2. The maximum absolute atomic E-state index is 11.5. The van der Waals surface area contributed by atoms with E-state index in [-0.39, 0.29) is 17.9 Å². The lowest BCUT2D eigenvalue weighted by Crippen LogP contribution is -2.55. The Hall–Kier alpha value is -1.79. The van der Waals surface area contributed by atoms with E-state index in [9.17, 15) is 15.0 Å². The molecule has 0 aliphatic heterocycles. The molecular formula is C11H16N2O4. The van der Waals surface area contributed by atoms with Crippen LogP contribution in [0.25, 0.3) is 0 Å². The predicted molar refractivity (Wildman–Crippen MR) is 61.2 cm³/mol. The Morgan fingerprint density at radius 2 is 2.12 bits per heavy atom. The number of aromatic hydroxyl groups is 2. The van der Waals surface area contributed by atoms with E-state index in [0.29, 0.717) is 5.56 Å². The van der Waals surface area contributed by atoms with Crippen LogP contribution in [0.2, 0.25) is 0 Å². The summed E-state index contributed by atoms with van der Waals surface area (Å²) in [6, 6.07) is 4.31. The molecule has 1 aromatic rings. The number of carbonyl (C=O) groups excluding carboxylic acids is 1. The number of hydrogen-bond donors (Lipinski definition) is 4. The Labute approximate surface area is 99.0 Å². The Kier molecular flexibility index (Phi) is 3.93. The van der Waals surface area contributed by atoms with E-state index in [2.05, 4.69) is 10.2 Å². The third-order valence-electron chi connectivity index (χ3n) is 2.55. The second kappa shape index (κ2) is 5.03. The summed E-state index contributed by atoms with van der Waals surface area (Å²) in [7, 11) is 1.27. The van der Waals surface area contributed by atoms with Gasteiger partial charge < -0.3 is 14.9 Å². The molecule has 1 rings (SSSR count). The first-order chi connectivity index (χ1) is 7.92. The van der Waals surface area contributed by atoms with Gasteiger partial charge in [0, 0.05) is 6.42 Å². The zero-order valence-electron chi connectivity index (χ0n) is 9.73. The summed E-state index contributed by atoms with van der Waals surface area (Å²) in [5.74, 6) is 4.37. The number of nitrogens with one attached hydrogen (secondary N) is 1. The number of rotatable bonds is 4. The van der Waals surface area contributed by atoms with Gasteiger partial charge in [0.1, 0.15) is 5.54 Å². The molecule has 0 aromatic heterocycles. The van der Waals surface area contributed by atoms with Crippen LogP contribution in [-0.2, 0) is 16.0 Å². The van der Waals surface area contributed by atoms with E-state index in [1.165, 1.54) is 19.2 Å². The highest BCUT2D eigenvalue weighted by Crippen LogP contribution is 2.26. The fourth-order valence-electron chi connectivity index (χ4n) is 1.49. The van der Waals surface area contributed by atoms with Crippen molar-refractivity contribution < 1.29 is 19.7 Å². The molecule has 0 bridgehead atoms. The lowest BCUT2D eigenvalue weighted by molar-refractivity contribution is -0.147. The number of phenolic OH excluding ortho intramolecular Hbond substituents is 2. The van der Waals surface area contributed by atoms with Crippen LogP contribution >= 0.6 is 0 Å². The summed E-state index contributed by atoms with van der Waals surface area (Å²) in [6.45, 7) is 1.59. The minimum atomic E-state index is -1.09. The number of hydrazine groups is 1. The molecule has 0 fully saturated rings. The third-order valence-corrected chi connectivity index (χ3v) is 2.55. The molecule has 0 aliphatic rings. The molecule has 1 unspecified atom stereocenters. The number of nitrogens with two attached hydrogens (primary N) is 1. The SMILES string of the molecule is COC(=O)C(C)(Cc1ccc(O)c(O)c1)NN. The maximum Gasteiger partial charge on any atom is 0.327 e. The lowest BCUT2D eigenvalue weighted by Gasteiger charge is -2.25. The Balaban J connectivity index is 2.95. The van der Waals surface area contributed by atoms with E-state index in [1.54, 1.807) is 13.0 Å². The molecule has 5 N–H and O–H groups in total. The van der Waals surface area contributed by atoms with Gasteiger partial charge in [-0.1, -0.05) is 6.07 Å². The molecule has 94 valence electrons. The topological polar surface area (TPSA) is 105 Å². The number of ether oxygens (including phenoxy) is 1. The highest BCUT2D eigenvalue weighted by molar-refractivity contribution is 5.80. The van der Waals surface area contributed by atoms with Crippen molar-refractivity contribution in [3.8, 4) is 11.5 Å². The molecule has 0 saturated heterocycles. The predicted octanol–water partition coefficient (Wildman–Crippen LogP) is 0.0353. The average molecular weight is 240 g/mol. The van der Waals surface area contributed by atoms with Gasteiger partial charge in [0.15, 0.2) is 11.5 Å². The van der Waals surface area contributed by atoms with Crippen LogP contribution in [-0.4, -0.2) is 28.8 Å². The van der Waals surface area contributed by atoms with Crippen LogP contribution in [0.1, 0.15) is 12.5 Å². The number of hydrogen-bond acceptors (Lipinski definition) is 6. The van der Waals surface area contributed by atoms with Crippen molar-refractivity contribution in [2.24, 2.45) is 5.84 Å². The largest absolute Gasteiger partial charge is 0.504 e. The molecule has 0 saturated carbocycles. The highest BCUT2D eigenvalue weighted by Gasteiger charge is 2.33. The van der Waals surface area contributed by atoms with Crippen molar-refractivity contribution in [2.45, 2.75) is 18.9 Å². The average Bonchev–Trinajstić information content (AvgIpc) is 2.32. The van der Waals surface area contributed by atoms with Gasteiger partial charge in [-0.25, -0.2) is 5.43 Å². The van der Waals surface area contributed by atoms with E-state index in [0.717, 1.165) is 0 Å². The summed E-state index contributed by atoms with van der Waals surface area (Å²) >= 11 is 0. The van der Waals surface area contributed by atoms with Crippen LogP contribution in [0.3, 0.4) is 0 Å². The van der Waals surface area contributed by atoms with Crippen molar-refractivity contribution in [1.82, 2.24) is 5.43 Å². The molecule has 17 heavy (non-hydrogen) atoms. The van der Waals surface area contributed by atoms with Gasteiger partial charge in [-0.3, -0.25) is 10.6 Å². The quantitative estimate of drug-likeness (QED) is 0.256. The molecular weight excluding hydrogens is 224 g/mol. The summed E-state index contributed by atoms with van der Waals surface area (Å²) in [5, 5.41) is 18.5. The molecule has 1 atom stereocenters. The molecule has 6 heteroatoms. The third kappa shape index (κ3) is 2.86. The number of methoxy groups -OCH3 is 1. The standard InChI is InChI=1S/C11H16N2O4/c1-11(13-12,10(16)17-2)6-7-3-4-8(14)9(15)5-7/h3-5,13-15H,6,12H2,1-2H3. The van der Waals surface area contributed by atoms with Crippen LogP contribution in [0.15, 0.2) is 18.2 Å². The van der Waals surface area contributed by atoms with Gasteiger partial charge >= 0.3 is 5.97 Å². The van der Waals surface area contributed by atoms with Crippen molar-refractivity contribution in [1.29, 1.82) is 0 Å². The summed E-state index contributed by atoms with van der Waals surface area (Å²) < 4.78 is 4.64. The Morgan fingerprint density at radius 1 is 1.47 bits per heavy atom. The first kappa shape index (κ1) is 13.3. The molecule has 6 nitrogen and oxygen atoms in total. The zero-order valence-corrected chi connectivity index (χ0v) is 9.73. The van der Waals surface area contributed by atoms with Gasteiger partial charge in [0.2, 0.25) is 0 Å². The van der Waals surface area contributed by atoms with E-state index >= 15 is 0 Å². The van der Waals surface area contributed by atoms with Crippen LogP contribution in [0, 0.1) is 0 Å². The second-order valence-electron chi connectivity index (χ2n) is 3.97. The minimum absolute atomic E-state index is 0.214. The molecule has 0 radical (unpaired) electrons. The van der Waals surface area contributed by atoms with Gasteiger partial charge in [-0.2, -0.15) is 0 Å². The van der Waals surface area contributed by atoms with Gasteiger partial charge in [-0.05, 0) is 24.6 Å². The lowest BCUT2D eigenvalue weighted by atomic mass is 9.93. The van der Waals surface area contributed by atoms with Crippen molar-refractivity contribution in [3.63, 3.8) is 0 Å². The molecule has 0 amide bonds. The van der Waals surface area contributed by atoms with Gasteiger partial charge in [-0.15, -0.1) is 0 Å². The maximum atomic E-state index is 11.5. The summed E-state index contributed by atoms with van der Waals surface area (Å²) in [6.07, 6.45) is 0.226. The van der Waals surface area contributed by atoms with Gasteiger partial charge in [0.25, 0.3) is 0 Å². The fourth-order valence-corrected chi connectivity index (χ4v) is 1.49. The number of carbonyl (C=O) groups is 1. The van der Waals surface area contributed by atoms with Crippen molar-refractivity contribution >= 4 is 5.97 Å². The zero-order chi connectivity index (χ0) is 13.1. The number of benzene rings is 1. The first-order valence-electron chi connectivity index (χ1n) is 5.00. The van der Waals surface area contributed by atoms with Crippen molar-refractivity contribution in [2.75, 3.05) is 7.11 Å². The molecule has 0 spiro atoms. The Morgan fingerprint density at radius 3 is 2.59 bits per heavy atom. The smallest absolute Gasteiger partial charge is 0.327 e. The normalized spacial score (nSPS) is 14.1. The highest BCUT2D eigenvalue weighted by atomic mass is 16.5. The van der Waals surface area contributed by atoms with Gasteiger partial charge in [0.05, 0.1) is 7.11 Å². The van der Waals surface area contributed by atoms with Crippen LogP contribution in [0.4, 0.5) is 0 Å². The van der Waals surface area contributed by atoms with Crippen molar-refractivity contribution in [3.05, 3.63) is 23.8 Å². The molecule has 1 aromatic carbocycles. The second-order valence-corrected chi connectivity index (χ2v) is 3.97.